The van der Waals surface area contributed by atoms with Crippen LogP contribution in [0.5, 0.6) is 0 Å². The first-order valence-corrected chi connectivity index (χ1v) is 9.33. The zero-order chi connectivity index (χ0) is 23.7. The molecule has 0 spiro atoms. The SMILES string of the molecule is C=C(C)C(=O)OCCCCOC(=O)CC(C)=O.C=CC(=O)NC(C)C(=O)CC(C)=O. The first-order chi connectivity index (χ1) is 13.9. The number of amides is 1. The van der Waals surface area contributed by atoms with Crippen LogP contribution in [-0.4, -0.2) is 54.5 Å². The highest BCUT2D eigenvalue weighted by atomic mass is 16.5. The summed E-state index contributed by atoms with van der Waals surface area (Å²) in [4.78, 5) is 64.9. The number of ether oxygens (including phenoxy) is 2. The van der Waals surface area contributed by atoms with Gasteiger partial charge in [-0.2, -0.15) is 0 Å². The van der Waals surface area contributed by atoms with Crippen LogP contribution in [0.25, 0.3) is 0 Å². The molecule has 0 saturated heterocycles. The lowest BCUT2D eigenvalue weighted by Gasteiger charge is -2.09. The van der Waals surface area contributed by atoms with Crippen molar-refractivity contribution in [1.29, 1.82) is 0 Å². The molecule has 0 aromatic heterocycles. The summed E-state index contributed by atoms with van der Waals surface area (Å²) in [6, 6.07) is -0.630. The van der Waals surface area contributed by atoms with Gasteiger partial charge in [0.1, 0.15) is 18.0 Å². The highest BCUT2D eigenvalue weighted by Crippen LogP contribution is 1.97. The van der Waals surface area contributed by atoms with Gasteiger partial charge >= 0.3 is 11.9 Å². The third-order valence-corrected chi connectivity index (χ3v) is 3.23. The summed E-state index contributed by atoms with van der Waals surface area (Å²) in [6.07, 6.45) is 1.94. The van der Waals surface area contributed by atoms with Crippen LogP contribution in [-0.2, 0) is 38.2 Å². The van der Waals surface area contributed by atoms with E-state index in [1.165, 1.54) is 20.8 Å². The smallest absolute Gasteiger partial charge is 0.333 e. The standard InChI is InChI=1S/C12H18O5.C9H13NO3/c1-9(2)12(15)17-7-5-4-6-16-11(14)8-10(3)13;1-4-9(13)10-7(3)8(12)5-6(2)11/h1,4-8H2,2-3H3;4,7H,1,5H2,2-3H3,(H,10,13). The lowest BCUT2D eigenvalue weighted by molar-refractivity contribution is -0.146. The largest absolute Gasteiger partial charge is 0.465 e. The van der Waals surface area contributed by atoms with Crippen molar-refractivity contribution in [2.24, 2.45) is 0 Å². The molecule has 0 fully saturated rings. The third-order valence-electron chi connectivity index (χ3n) is 3.23. The maximum atomic E-state index is 11.1. The van der Waals surface area contributed by atoms with Crippen LogP contribution in [0.2, 0.25) is 0 Å². The van der Waals surface area contributed by atoms with Gasteiger partial charge < -0.3 is 14.8 Å². The third kappa shape index (κ3) is 18.3. The molecule has 9 heteroatoms. The molecule has 0 aliphatic carbocycles. The predicted molar refractivity (Wildman–Crippen MR) is 109 cm³/mol. The average Bonchev–Trinajstić information content (AvgIpc) is 2.63. The Kier molecular flexibility index (Phi) is 16.3. The quantitative estimate of drug-likeness (QED) is 0.204. The van der Waals surface area contributed by atoms with E-state index < -0.39 is 23.9 Å². The molecule has 1 atom stereocenters. The van der Waals surface area contributed by atoms with Crippen molar-refractivity contribution < 1.29 is 38.2 Å². The van der Waals surface area contributed by atoms with Crippen molar-refractivity contribution in [2.45, 2.75) is 59.4 Å². The van der Waals surface area contributed by atoms with Crippen molar-refractivity contribution >= 4 is 35.2 Å². The number of hydrogen-bond acceptors (Lipinski definition) is 8. The molecule has 0 rings (SSSR count). The first-order valence-electron chi connectivity index (χ1n) is 9.33. The molecule has 0 aromatic carbocycles. The fourth-order valence-corrected chi connectivity index (χ4v) is 1.68. The van der Waals surface area contributed by atoms with Gasteiger partial charge in [0, 0.05) is 5.57 Å². The van der Waals surface area contributed by atoms with Crippen molar-refractivity contribution in [3.8, 4) is 0 Å². The highest BCUT2D eigenvalue weighted by Gasteiger charge is 2.15. The molecule has 0 aliphatic rings. The Balaban J connectivity index is 0. The summed E-state index contributed by atoms with van der Waals surface area (Å²) in [7, 11) is 0. The van der Waals surface area contributed by atoms with Crippen LogP contribution >= 0.6 is 0 Å². The molecule has 9 nitrogen and oxygen atoms in total. The number of nitrogens with one attached hydrogen (secondary N) is 1. The molecule has 0 saturated carbocycles. The van der Waals surface area contributed by atoms with Crippen LogP contribution in [0.3, 0.4) is 0 Å². The van der Waals surface area contributed by atoms with Crippen molar-refractivity contribution in [3.63, 3.8) is 0 Å². The maximum absolute atomic E-state index is 11.1. The molecule has 1 amide bonds. The minimum Gasteiger partial charge on any atom is -0.465 e. The van der Waals surface area contributed by atoms with Gasteiger partial charge in [-0.3, -0.25) is 24.0 Å². The van der Waals surface area contributed by atoms with E-state index in [2.05, 4.69) is 18.5 Å². The van der Waals surface area contributed by atoms with Gasteiger partial charge in [0.15, 0.2) is 5.78 Å². The van der Waals surface area contributed by atoms with Crippen molar-refractivity contribution in [3.05, 3.63) is 24.8 Å². The summed E-state index contributed by atoms with van der Waals surface area (Å²) in [6.45, 7) is 13.0. The Morgan fingerprint density at radius 1 is 0.900 bits per heavy atom. The van der Waals surface area contributed by atoms with Gasteiger partial charge in [-0.15, -0.1) is 0 Å². The number of unbranched alkanes of at least 4 members (excludes halogenated alkanes) is 1. The monoisotopic (exact) mass is 425 g/mol. The topological polar surface area (TPSA) is 133 Å². The van der Waals surface area contributed by atoms with E-state index in [-0.39, 0.29) is 43.4 Å². The number of esters is 2. The minimum absolute atomic E-state index is 0.140. The van der Waals surface area contributed by atoms with Crippen LogP contribution in [0.15, 0.2) is 24.8 Å². The molecule has 0 radical (unpaired) electrons. The molecule has 0 heterocycles. The zero-order valence-electron chi connectivity index (χ0n) is 18.1. The summed E-state index contributed by atoms with van der Waals surface area (Å²) in [5.41, 5.74) is 0.359. The molecule has 0 aliphatic heterocycles. The normalized spacial score (nSPS) is 10.4. The molecular weight excluding hydrogens is 394 g/mol. The summed E-state index contributed by atoms with van der Waals surface area (Å²) in [5, 5.41) is 2.38. The number of carbonyl (C=O) groups excluding carboxylic acids is 6. The van der Waals surface area contributed by atoms with E-state index in [0.717, 1.165) is 6.08 Å². The molecular formula is C21H31NO8. The minimum atomic E-state index is -0.630. The number of carbonyl (C=O) groups is 6. The summed E-state index contributed by atoms with van der Waals surface area (Å²) >= 11 is 0. The van der Waals surface area contributed by atoms with Crippen LogP contribution < -0.4 is 5.32 Å². The highest BCUT2D eigenvalue weighted by molar-refractivity contribution is 6.02. The van der Waals surface area contributed by atoms with Crippen molar-refractivity contribution in [2.75, 3.05) is 13.2 Å². The molecule has 1 N–H and O–H groups in total. The van der Waals surface area contributed by atoms with E-state index in [4.69, 9.17) is 9.47 Å². The second-order valence-corrected chi connectivity index (χ2v) is 6.50. The van der Waals surface area contributed by atoms with Gasteiger partial charge in [0.2, 0.25) is 5.91 Å². The summed E-state index contributed by atoms with van der Waals surface area (Å²) in [5.74, 6) is -2.06. The molecule has 0 bridgehead atoms. The predicted octanol–water partition coefficient (Wildman–Crippen LogP) is 1.63. The lowest BCUT2D eigenvalue weighted by atomic mass is 10.1. The zero-order valence-corrected chi connectivity index (χ0v) is 18.1. The average molecular weight is 425 g/mol. The molecule has 30 heavy (non-hydrogen) atoms. The van der Waals surface area contributed by atoms with Crippen molar-refractivity contribution in [1.82, 2.24) is 5.32 Å². The Hall–Kier alpha value is -3.10. The fourth-order valence-electron chi connectivity index (χ4n) is 1.68. The molecule has 0 aromatic rings. The van der Waals surface area contributed by atoms with E-state index in [1.54, 1.807) is 6.92 Å². The maximum Gasteiger partial charge on any atom is 0.333 e. The fraction of sp³-hybridized carbons (Fsp3) is 0.524. The van der Waals surface area contributed by atoms with Gasteiger partial charge in [-0.05, 0) is 46.6 Å². The Morgan fingerprint density at radius 3 is 1.83 bits per heavy atom. The number of rotatable bonds is 13. The second kappa shape index (κ2) is 16.8. The molecule has 1 unspecified atom stereocenters. The Bertz CT molecular complexity index is 666. The second-order valence-electron chi connectivity index (χ2n) is 6.50. The number of ketones is 3. The van der Waals surface area contributed by atoms with Gasteiger partial charge in [-0.1, -0.05) is 13.2 Å². The summed E-state index contributed by atoms with van der Waals surface area (Å²) < 4.78 is 9.63. The van der Waals surface area contributed by atoms with Crippen LogP contribution in [0.4, 0.5) is 0 Å². The van der Waals surface area contributed by atoms with Gasteiger partial charge in [-0.25, -0.2) is 4.79 Å². The van der Waals surface area contributed by atoms with E-state index in [9.17, 15) is 28.8 Å². The van der Waals surface area contributed by atoms with Gasteiger partial charge in [0.05, 0.1) is 25.7 Å². The van der Waals surface area contributed by atoms with Crippen LogP contribution in [0.1, 0.15) is 53.4 Å². The Morgan fingerprint density at radius 2 is 1.40 bits per heavy atom. The molecule has 168 valence electrons. The van der Waals surface area contributed by atoms with E-state index >= 15 is 0 Å². The van der Waals surface area contributed by atoms with Crippen LogP contribution in [0, 0.1) is 0 Å². The van der Waals surface area contributed by atoms with Gasteiger partial charge in [0.25, 0.3) is 0 Å². The van der Waals surface area contributed by atoms with E-state index in [1.807, 2.05) is 0 Å². The first kappa shape index (κ1) is 29.1. The van der Waals surface area contributed by atoms with E-state index in [0.29, 0.717) is 18.4 Å². The number of Topliss-reactive ketones (excluding diaryl/α,β-unsaturated/α-hetero) is 3. The number of hydrogen-bond donors (Lipinski definition) is 1. The lowest BCUT2D eigenvalue weighted by Crippen LogP contribution is -2.38. The Labute approximate surface area is 176 Å².